The molecule has 0 spiro atoms. The Morgan fingerprint density at radius 1 is 1.13 bits per heavy atom. The fourth-order valence-electron chi connectivity index (χ4n) is 2.32. The topological polar surface area (TPSA) is 66.4 Å². The predicted molar refractivity (Wildman–Crippen MR) is 93.0 cm³/mol. The van der Waals surface area contributed by atoms with Gasteiger partial charge in [0.2, 0.25) is 5.91 Å². The van der Waals surface area contributed by atoms with Crippen molar-refractivity contribution in [1.29, 1.82) is 0 Å². The Balaban J connectivity index is 1.78. The third-order valence-electron chi connectivity index (χ3n) is 3.46. The van der Waals surface area contributed by atoms with Crippen molar-refractivity contribution in [1.82, 2.24) is 0 Å². The molecule has 0 atom stereocenters. The van der Waals surface area contributed by atoms with Crippen LogP contribution in [0.3, 0.4) is 0 Å². The summed E-state index contributed by atoms with van der Waals surface area (Å²) in [6.45, 7) is 2.08. The maximum atomic E-state index is 12.0. The smallest absolute Gasteiger partial charge is 0.303 e. The first kappa shape index (κ1) is 17.2. The number of thiophene rings is 1. The number of carboxylic acid groups (broad SMARTS) is 1. The van der Waals surface area contributed by atoms with Crippen LogP contribution in [-0.4, -0.2) is 17.0 Å². The van der Waals surface area contributed by atoms with Gasteiger partial charge in [0.05, 0.1) is 0 Å². The zero-order valence-electron chi connectivity index (χ0n) is 13.2. The number of carboxylic acids is 1. The van der Waals surface area contributed by atoms with Gasteiger partial charge < -0.3 is 10.4 Å². The SMILES string of the molecule is Cc1ccc(CCCC(=O)Nc2cccc(CCC(=O)O)c2)s1. The van der Waals surface area contributed by atoms with Crippen LogP contribution in [0.1, 0.15) is 34.6 Å². The zero-order valence-corrected chi connectivity index (χ0v) is 14.0. The van der Waals surface area contributed by atoms with Crippen LogP contribution in [0.4, 0.5) is 5.69 Å². The number of amides is 1. The molecule has 0 fully saturated rings. The van der Waals surface area contributed by atoms with Gasteiger partial charge in [0.1, 0.15) is 0 Å². The Hall–Kier alpha value is -2.14. The summed E-state index contributed by atoms with van der Waals surface area (Å²) in [4.78, 5) is 25.2. The number of carbonyl (C=O) groups excluding carboxylic acids is 1. The summed E-state index contributed by atoms with van der Waals surface area (Å²) in [6.07, 6.45) is 2.79. The third-order valence-corrected chi connectivity index (χ3v) is 4.52. The van der Waals surface area contributed by atoms with E-state index in [1.54, 1.807) is 11.3 Å². The molecule has 122 valence electrons. The highest BCUT2D eigenvalue weighted by molar-refractivity contribution is 7.11. The summed E-state index contributed by atoms with van der Waals surface area (Å²) >= 11 is 1.77. The fraction of sp³-hybridized carbons (Fsp3) is 0.333. The second-order valence-corrected chi connectivity index (χ2v) is 6.88. The van der Waals surface area contributed by atoms with Crippen molar-refractivity contribution in [2.75, 3.05) is 5.32 Å². The standard InChI is InChI=1S/C18H21NO3S/c1-13-8-10-16(23-13)6-3-7-17(20)19-15-5-2-4-14(12-15)9-11-18(21)22/h2,4-5,8,10,12H,3,6-7,9,11H2,1H3,(H,19,20)(H,21,22). The van der Waals surface area contributed by atoms with Gasteiger partial charge in [-0.25, -0.2) is 0 Å². The van der Waals surface area contributed by atoms with Crippen LogP contribution in [-0.2, 0) is 22.4 Å². The van der Waals surface area contributed by atoms with Gasteiger partial charge in [-0.3, -0.25) is 9.59 Å². The second-order valence-electron chi connectivity index (χ2n) is 5.51. The molecule has 4 nitrogen and oxygen atoms in total. The number of hydrogen-bond acceptors (Lipinski definition) is 3. The summed E-state index contributed by atoms with van der Waals surface area (Å²) in [5.74, 6) is -0.822. The molecule has 0 unspecified atom stereocenters. The molecule has 1 aromatic heterocycles. The van der Waals surface area contributed by atoms with E-state index in [1.807, 2.05) is 24.3 Å². The van der Waals surface area contributed by atoms with Crippen LogP contribution in [0.25, 0.3) is 0 Å². The molecule has 2 rings (SSSR count). The van der Waals surface area contributed by atoms with Crippen molar-refractivity contribution >= 4 is 28.9 Å². The first-order chi connectivity index (χ1) is 11.0. The predicted octanol–water partition coefficient (Wildman–Crippen LogP) is 4.04. The zero-order chi connectivity index (χ0) is 16.7. The van der Waals surface area contributed by atoms with Crippen LogP contribution in [0.5, 0.6) is 0 Å². The van der Waals surface area contributed by atoms with Crippen molar-refractivity contribution in [3.8, 4) is 0 Å². The van der Waals surface area contributed by atoms with Crippen LogP contribution in [0, 0.1) is 6.92 Å². The van der Waals surface area contributed by atoms with Crippen molar-refractivity contribution in [3.63, 3.8) is 0 Å². The van der Waals surface area contributed by atoms with Crippen molar-refractivity contribution in [2.45, 2.75) is 39.0 Å². The molecule has 0 aliphatic rings. The van der Waals surface area contributed by atoms with Crippen LogP contribution < -0.4 is 5.32 Å². The number of aliphatic carboxylic acids is 1. The van der Waals surface area contributed by atoms with E-state index in [1.165, 1.54) is 9.75 Å². The van der Waals surface area contributed by atoms with E-state index < -0.39 is 5.97 Å². The largest absolute Gasteiger partial charge is 0.481 e. The minimum absolute atomic E-state index is 0.00587. The normalized spacial score (nSPS) is 10.5. The Labute approximate surface area is 140 Å². The quantitative estimate of drug-likeness (QED) is 0.767. The molecule has 5 heteroatoms. The van der Waals surface area contributed by atoms with Gasteiger partial charge in [0.25, 0.3) is 0 Å². The van der Waals surface area contributed by atoms with Gasteiger partial charge >= 0.3 is 5.97 Å². The van der Waals surface area contributed by atoms with Crippen molar-refractivity contribution in [2.24, 2.45) is 0 Å². The minimum atomic E-state index is -0.816. The van der Waals surface area contributed by atoms with Crippen LogP contribution >= 0.6 is 11.3 Å². The van der Waals surface area contributed by atoms with Crippen molar-refractivity contribution < 1.29 is 14.7 Å². The van der Waals surface area contributed by atoms with Gasteiger partial charge in [-0.15, -0.1) is 11.3 Å². The molecular weight excluding hydrogens is 310 g/mol. The summed E-state index contributed by atoms with van der Waals surface area (Å²) in [6, 6.07) is 11.6. The fourth-order valence-corrected chi connectivity index (χ4v) is 3.25. The third kappa shape index (κ3) is 6.24. The average Bonchev–Trinajstić information content (AvgIpc) is 2.91. The van der Waals surface area contributed by atoms with E-state index >= 15 is 0 Å². The van der Waals surface area contributed by atoms with E-state index in [-0.39, 0.29) is 12.3 Å². The molecule has 2 N–H and O–H groups in total. The van der Waals surface area contributed by atoms with Crippen molar-refractivity contribution in [3.05, 3.63) is 51.7 Å². The lowest BCUT2D eigenvalue weighted by atomic mass is 10.1. The molecule has 23 heavy (non-hydrogen) atoms. The van der Waals surface area contributed by atoms with Crippen LogP contribution in [0.2, 0.25) is 0 Å². The molecule has 1 heterocycles. The number of rotatable bonds is 8. The molecule has 1 amide bonds. The lowest BCUT2D eigenvalue weighted by molar-refractivity contribution is -0.137. The van der Waals surface area contributed by atoms with Gasteiger partial charge in [-0.05, 0) is 56.0 Å². The molecule has 1 aromatic carbocycles. The molecular formula is C18H21NO3S. The number of hydrogen-bond donors (Lipinski definition) is 2. The monoisotopic (exact) mass is 331 g/mol. The van der Waals surface area contributed by atoms with E-state index in [2.05, 4.69) is 24.4 Å². The molecule has 0 aliphatic carbocycles. The Morgan fingerprint density at radius 3 is 2.65 bits per heavy atom. The second kappa shape index (κ2) is 8.48. The first-order valence-corrected chi connectivity index (χ1v) is 8.50. The van der Waals surface area contributed by atoms with Crippen LogP contribution in [0.15, 0.2) is 36.4 Å². The maximum absolute atomic E-state index is 12.0. The number of aryl methyl sites for hydroxylation is 3. The molecule has 0 aliphatic heterocycles. The molecule has 2 aromatic rings. The first-order valence-electron chi connectivity index (χ1n) is 7.69. The van der Waals surface area contributed by atoms with Gasteiger partial charge in [0, 0.05) is 28.3 Å². The Bertz CT molecular complexity index is 678. The van der Waals surface area contributed by atoms with Gasteiger partial charge in [-0.2, -0.15) is 0 Å². The summed E-state index contributed by atoms with van der Waals surface area (Å²) in [5.41, 5.74) is 1.64. The molecule has 0 bridgehead atoms. The lowest BCUT2D eigenvalue weighted by Gasteiger charge is -2.07. The highest BCUT2D eigenvalue weighted by Gasteiger charge is 2.05. The maximum Gasteiger partial charge on any atom is 0.303 e. The summed E-state index contributed by atoms with van der Waals surface area (Å²) < 4.78 is 0. The molecule has 0 saturated carbocycles. The van der Waals surface area contributed by atoms with E-state index in [4.69, 9.17) is 5.11 Å². The van der Waals surface area contributed by atoms with E-state index in [9.17, 15) is 9.59 Å². The van der Waals surface area contributed by atoms with E-state index in [0.717, 1.165) is 24.1 Å². The van der Waals surface area contributed by atoms with Gasteiger partial charge in [0.15, 0.2) is 0 Å². The molecule has 0 radical (unpaired) electrons. The minimum Gasteiger partial charge on any atom is -0.481 e. The summed E-state index contributed by atoms with van der Waals surface area (Å²) in [5, 5.41) is 11.6. The highest BCUT2D eigenvalue weighted by atomic mass is 32.1. The van der Waals surface area contributed by atoms with E-state index in [0.29, 0.717) is 12.8 Å². The Morgan fingerprint density at radius 2 is 1.96 bits per heavy atom. The summed E-state index contributed by atoms with van der Waals surface area (Å²) in [7, 11) is 0. The average molecular weight is 331 g/mol. The number of nitrogens with one attached hydrogen (secondary N) is 1. The lowest BCUT2D eigenvalue weighted by Crippen LogP contribution is -2.11. The van der Waals surface area contributed by atoms with Gasteiger partial charge in [-0.1, -0.05) is 12.1 Å². The Kier molecular flexibility index (Phi) is 6.35. The molecule has 0 saturated heterocycles. The number of benzene rings is 1. The highest BCUT2D eigenvalue weighted by Crippen LogP contribution is 2.18. The number of carbonyl (C=O) groups is 2. The number of anilines is 1.